The molecule has 0 aliphatic carbocycles. The van der Waals surface area contributed by atoms with E-state index < -0.39 is 0 Å². The predicted octanol–water partition coefficient (Wildman–Crippen LogP) is 3.66. The van der Waals surface area contributed by atoms with Gasteiger partial charge in [0.1, 0.15) is 5.82 Å². The standard InChI is InChI=1S/C12H13BrN2S/c13-8-9-2-1-6-15(9)12-10-4-7-16-11(10)3-5-14-12/h3-5,7,9H,1-2,6,8H2. The third kappa shape index (κ3) is 1.64. The average molecular weight is 297 g/mol. The molecule has 0 saturated carbocycles. The van der Waals surface area contributed by atoms with Crippen LogP contribution >= 0.6 is 27.3 Å². The van der Waals surface area contributed by atoms with Crippen molar-refractivity contribution in [3.63, 3.8) is 0 Å². The molecule has 2 aromatic rings. The van der Waals surface area contributed by atoms with E-state index in [2.05, 4.69) is 43.3 Å². The van der Waals surface area contributed by atoms with Crippen LogP contribution in [0.3, 0.4) is 0 Å². The fourth-order valence-corrected chi connectivity index (χ4v) is 3.83. The number of pyridine rings is 1. The number of alkyl halides is 1. The molecule has 84 valence electrons. The molecule has 16 heavy (non-hydrogen) atoms. The van der Waals surface area contributed by atoms with Crippen molar-refractivity contribution in [1.82, 2.24) is 4.98 Å². The molecule has 1 aliphatic heterocycles. The molecule has 0 N–H and O–H groups in total. The summed E-state index contributed by atoms with van der Waals surface area (Å²) in [5.74, 6) is 1.17. The van der Waals surface area contributed by atoms with Gasteiger partial charge in [-0.3, -0.25) is 0 Å². The quantitative estimate of drug-likeness (QED) is 0.786. The van der Waals surface area contributed by atoms with E-state index in [0.29, 0.717) is 6.04 Å². The summed E-state index contributed by atoms with van der Waals surface area (Å²) in [7, 11) is 0. The van der Waals surface area contributed by atoms with Crippen LogP contribution in [0.2, 0.25) is 0 Å². The molecule has 1 fully saturated rings. The summed E-state index contributed by atoms with van der Waals surface area (Å²) >= 11 is 5.39. The number of hydrogen-bond donors (Lipinski definition) is 0. The Hall–Kier alpha value is -0.610. The lowest BCUT2D eigenvalue weighted by Gasteiger charge is -2.24. The van der Waals surface area contributed by atoms with Gasteiger partial charge in [-0.05, 0) is 30.4 Å². The Morgan fingerprint density at radius 3 is 3.31 bits per heavy atom. The van der Waals surface area contributed by atoms with Crippen molar-refractivity contribution in [2.75, 3.05) is 16.8 Å². The Kier molecular flexibility index (Phi) is 2.86. The number of thiophene rings is 1. The smallest absolute Gasteiger partial charge is 0.137 e. The normalized spacial score (nSPS) is 20.8. The van der Waals surface area contributed by atoms with Crippen LogP contribution in [0.15, 0.2) is 23.7 Å². The molecular formula is C12H13BrN2S. The van der Waals surface area contributed by atoms with Gasteiger partial charge in [-0.15, -0.1) is 11.3 Å². The van der Waals surface area contributed by atoms with E-state index in [4.69, 9.17) is 0 Å². The highest BCUT2D eigenvalue weighted by Crippen LogP contribution is 2.33. The predicted molar refractivity (Wildman–Crippen MR) is 73.8 cm³/mol. The zero-order valence-electron chi connectivity index (χ0n) is 8.90. The van der Waals surface area contributed by atoms with E-state index in [1.165, 1.54) is 28.7 Å². The Bertz CT molecular complexity index is 496. The SMILES string of the molecule is BrCC1CCCN1c1nccc2sccc12. The summed E-state index contributed by atoms with van der Waals surface area (Å²) in [5.41, 5.74) is 0. The Balaban J connectivity index is 2.07. The number of nitrogens with zero attached hydrogens (tertiary/aromatic N) is 2. The summed E-state index contributed by atoms with van der Waals surface area (Å²) in [5, 5.41) is 4.49. The molecule has 4 heteroatoms. The lowest BCUT2D eigenvalue weighted by atomic mass is 10.2. The molecule has 3 heterocycles. The summed E-state index contributed by atoms with van der Waals surface area (Å²) in [6.45, 7) is 1.14. The maximum atomic E-state index is 4.57. The molecule has 0 radical (unpaired) electrons. The van der Waals surface area contributed by atoms with Gasteiger partial charge in [0.2, 0.25) is 0 Å². The number of rotatable bonds is 2. The van der Waals surface area contributed by atoms with E-state index >= 15 is 0 Å². The topological polar surface area (TPSA) is 16.1 Å². The van der Waals surface area contributed by atoms with E-state index in [1.54, 1.807) is 11.3 Å². The van der Waals surface area contributed by atoms with Crippen LogP contribution in [-0.4, -0.2) is 22.9 Å². The average Bonchev–Trinajstić information content (AvgIpc) is 2.96. The van der Waals surface area contributed by atoms with Crippen molar-refractivity contribution < 1.29 is 0 Å². The molecule has 0 aromatic carbocycles. The summed E-state index contributed by atoms with van der Waals surface area (Å²) in [4.78, 5) is 7.02. The highest BCUT2D eigenvalue weighted by molar-refractivity contribution is 9.09. The second kappa shape index (κ2) is 4.34. The van der Waals surface area contributed by atoms with Gasteiger partial charge < -0.3 is 4.90 Å². The van der Waals surface area contributed by atoms with Crippen molar-refractivity contribution in [2.45, 2.75) is 18.9 Å². The second-order valence-corrected chi connectivity index (χ2v) is 5.71. The van der Waals surface area contributed by atoms with E-state index in [1.807, 2.05) is 6.20 Å². The molecule has 0 spiro atoms. The first kappa shape index (κ1) is 10.5. The van der Waals surface area contributed by atoms with E-state index in [0.717, 1.165) is 11.9 Å². The van der Waals surface area contributed by atoms with Gasteiger partial charge in [0.15, 0.2) is 0 Å². The minimum Gasteiger partial charge on any atom is -0.352 e. The van der Waals surface area contributed by atoms with E-state index in [-0.39, 0.29) is 0 Å². The van der Waals surface area contributed by atoms with Gasteiger partial charge in [0.05, 0.1) is 0 Å². The fraction of sp³-hybridized carbons (Fsp3) is 0.417. The third-order valence-electron chi connectivity index (χ3n) is 3.19. The largest absolute Gasteiger partial charge is 0.352 e. The van der Waals surface area contributed by atoms with Crippen LogP contribution in [0.1, 0.15) is 12.8 Å². The molecule has 3 rings (SSSR count). The number of halogens is 1. The highest BCUT2D eigenvalue weighted by atomic mass is 79.9. The Morgan fingerprint density at radius 1 is 1.50 bits per heavy atom. The number of hydrogen-bond acceptors (Lipinski definition) is 3. The molecule has 2 aromatic heterocycles. The summed E-state index contributed by atoms with van der Waals surface area (Å²) in [6, 6.07) is 4.90. The first-order valence-corrected chi connectivity index (χ1v) is 7.55. The van der Waals surface area contributed by atoms with Crippen molar-refractivity contribution in [1.29, 1.82) is 0 Å². The van der Waals surface area contributed by atoms with Gasteiger partial charge >= 0.3 is 0 Å². The third-order valence-corrected chi connectivity index (χ3v) is 4.82. The molecule has 0 amide bonds. The molecule has 1 unspecified atom stereocenters. The van der Waals surface area contributed by atoms with Crippen LogP contribution in [0, 0.1) is 0 Å². The minimum atomic E-state index is 0.609. The van der Waals surface area contributed by atoms with Gasteiger partial charge in [-0.2, -0.15) is 0 Å². The second-order valence-electron chi connectivity index (χ2n) is 4.11. The Morgan fingerprint density at radius 2 is 2.44 bits per heavy atom. The maximum Gasteiger partial charge on any atom is 0.137 e. The lowest BCUT2D eigenvalue weighted by Crippen LogP contribution is -2.31. The van der Waals surface area contributed by atoms with Crippen LogP contribution in [0.4, 0.5) is 5.82 Å². The molecule has 0 bridgehead atoms. The van der Waals surface area contributed by atoms with Crippen molar-refractivity contribution in [3.05, 3.63) is 23.7 Å². The first-order chi connectivity index (χ1) is 7.90. The van der Waals surface area contributed by atoms with E-state index in [9.17, 15) is 0 Å². The lowest BCUT2D eigenvalue weighted by molar-refractivity contribution is 0.744. The first-order valence-electron chi connectivity index (χ1n) is 5.55. The van der Waals surface area contributed by atoms with Gasteiger partial charge in [0.25, 0.3) is 0 Å². The van der Waals surface area contributed by atoms with Crippen LogP contribution in [0.5, 0.6) is 0 Å². The highest BCUT2D eigenvalue weighted by Gasteiger charge is 2.25. The number of aromatic nitrogens is 1. The van der Waals surface area contributed by atoms with Crippen LogP contribution in [-0.2, 0) is 0 Å². The summed E-state index contributed by atoms with van der Waals surface area (Å²) < 4.78 is 1.34. The molecular weight excluding hydrogens is 284 g/mol. The van der Waals surface area contributed by atoms with Gasteiger partial charge in [0, 0.05) is 34.2 Å². The monoisotopic (exact) mass is 296 g/mol. The van der Waals surface area contributed by atoms with Crippen LogP contribution in [0.25, 0.3) is 10.1 Å². The van der Waals surface area contributed by atoms with Crippen molar-refractivity contribution in [3.8, 4) is 0 Å². The van der Waals surface area contributed by atoms with Gasteiger partial charge in [-0.25, -0.2) is 4.98 Å². The minimum absolute atomic E-state index is 0.609. The zero-order chi connectivity index (χ0) is 11.0. The molecule has 2 nitrogen and oxygen atoms in total. The van der Waals surface area contributed by atoms with Crippen molar-refractivity contribution in [2.24, 2.45) is 0 Å². The number of fused-ring (bicyclic) bond motifs is 1. The molecule has 1 aliphatic rings. The fourth-order valence-electron chi connectivity index (χ4n) is 2.38. The zero-order valence-corrected chi connectivity index (χ0v) is 11.3. The van der Waals surface area contributed by atoms with Crippen molar-refractivity contribution >= 4 is 43.2 Å². The van der Waals surface area contributed by atoms with Gasteiger partial charge in [-0.1, -0.05) is 15.9 Å². The molecule has 1 atom stereocenters. The maximum absolute atomic E-state index is 4.57. The van der Waals surface area contributed by atoms with Crippen LogP contribution < -0.4 is 4.90 Å². The number of anilines is 1. The molecule has 1 saturated heterocycles. The Labute approximate surface area is 107 Å². The summed E-state index contributed by atoms with van der Waals surface area (Å²) in [6.07, 6.45) is 4.48.